The molecule has 0 aromatic heterocycles. The highest BCUT2D eigenvalue weighted by atomic mass is 16.5. The second-order valence-electron chi connectivity index (χ2n) is 3.79. The lowest BCUT2D eigenvalue weighted by Gasteiger charge is -2.10. The molecule has 0 heterocycles. The van der Waals surface area contributed by atoms with Crippen molar-refractivity contribution >= 4 is 11.7 Å². The van der Waals surface area contributed by atoms with Crippen LogP contribution in [0.3, 0.4) is 0 Å². The Morgan fingerprint density at radius 3 is 2.37 bits per heavy atom. The maximum absolute atomic E-state index is 11.4. The normalized spacial score (nSPS) is 10.5. The number of carbonyl (C=O) groups excluding carboxylic acids is 1. The molecule has 0 saturated carbocycles. The first kappa shape index (κ1) is 14.3. The Balaban J connectivity index is 2.78. The number of ether oxygens (including phenoxy) is 1. The molecule has 0 radical (unpaired) electrons. The Morgan fingerprint density at radius 2 is 1.89 bits per heavy atom. The molecule has 0 aliphatic carbocycles. The molecule has 0 spiro atoms. The van der Waals surface area contributed by atoms with Crippen LogP contribution in [0, 0.1) is 22.7 Å². The molecule has 96 valence electrons. The lowest BCUT2D eigenvalue weighted by atomic mass is 10.0. The molecule has 1 rings (SSSR count). The molecule has 0 saturated heterocycles. The van der Waals surface area contributed by atoms with Crippen molar-refractivity contribution in [3.8, 4) is 12.1 Å². The van der Waals surface area contributed by atoms with Crippen LogP contribution in [-0.4, -0.2) is 13.1 Å². The maximum Gasteiger partial charge on any atom is 0.312 e. The first-order valence-electron chi connectivity index (χ1n) is 5.57. The number of nitrogens with zero attached hydrogens (tertiary/aromatic N) is 2. The standard InChI is InChI=1S/C14H13N3O2/c1-10(14(18)19-2)12-3-5-13(6-4-12)17-9-11(7-15)8-16/h3-6,9-10,17H,1-2H3. The van der Waals surface area contributed by atoms with E-state index in [1.807, 2.05) is 0 Å². The van der Waals surface area contributed by atoms with Gasteiger partial charge in [-0.2, -0.15) is 10.5 Å². The summed E-state index contributed by atoms with van der Waals surface area (Å²) < 4.78 is 4.67. The Labute approximate surface area is 111 Å². The van der Waals surface area contributed by atoms with E-state index in [4.69, 9.17) is 10.5 Å². The topological polar surface area (TPSA) is 85.9 Å². The molecule has 0 aliphatic rings. The second-order valence-corrected chi connectivity index (χ2v) is 3.79. The van der Waals surface area contributed by atoms with E-state index in [1.54, 1.807) is 43.3 Å². The van der Waals surface area contributed by atoms with Crippen molar-refractivity contribution < 1.29 is 9.53 Å². The summed E-state index contributed by atoms with van der Waals surface area (Å²) in [6.45, 7) is 1.76. The predicted molar refractivity (Wildman–Crippen MR) is 69.8 cm³/mol. The number of nitriles is 2. The number of benzene rings is 1. The lowest BCUT2D eigenvalue weighted by molar-refractivity contribution is -0.141. The van der Waals surface area contributed by atoms with E-state index >= 15 is 0 Å². The number of esters is 1. The van der Waals surface area contributed by atoms with Crippen molar-refractivity contribution in [3.63, 3.8) is 0 Å². The molecule has 1 aromatic rings. The first-order chi connectivity index (χ1) is 9.12. The van der Waals surface area contributed by atoms with E-state index in [1.165, 1.54) is 13.3 Å². The fourth-order valence-electron chi connectivity index (χ4n) is 1.43. The van der Waals surface area contributed by atoms with Crippen molar-refractivity contribution in [2.45, 2.75) is 12.8 Å². The summed E-state index contributed by atoms with van der Waals surface area (Å²) in [6.07, 6.45) is 1.33. The monoisotopic (exact) mass is 255 g/mol. The molecule has 5 nitrogen and oxygen atoms in total. The number of allylic oxidation sites excluding steroid dienone is 1. The van der Waals surface area contributed by atoms with Gasteiger partial charge < -0.3 is 10.1 Å². The number of nitrogens with one attached hydrogen (secondary N) is 1. The van der Waals surface area contributed by atoms with Gasteiger partial charge in [0.1, 0.15) is 17.7 Å². The zero-order valence-corrected chi connectivity index (χ0v) is 10.7. The highest BCUT2D eigenvalue weighted by molar-refractivity contribution is 5.77. The zero-order chi connectivity index (χ0) is 14.3. The molecule has 0 amide bonds. The van der Waals surface area contributed by atoms with Crippen LogP contribution in [0.5, 0.6) is 0 Å². The summed E-state index contributed by atoms with van der Waals surface area (Å²) in [5.74, 6) is -0.625. The average Bonchev–Trinajstić information content (AvgIpc) is 2.47. The van der Waals surface area contributed by atoms with Crippen molar-refractivity contribution in [1.29, 1.82) is 10.5 Å². The molecule has 0 bridgehead atoms. The predicted octanol–water partition coefficient (Wildman–Crippen LogP) is 2.31. The summed E-state index contributed by atoms with van der Waals surface area (Å²) >= 11 is 0. The van der Waals surface area contributed by atoms with Gasteiger partial charge in [0.05, 0.1) is 13.0 Å². The highest BCUT2D eigenvalue weighted by Crippen LogP contribution is 2.19. The molecular weight excluding hydrogens is 242 g/mol. The molecule has 5 heteroatoms. The maximum atomic E-state index is 11.4. The van der Waals surface area contributed by atoms with Gasteiger partial charge in [-0.05, 0) is 24.6 Å². The Kier molecular flexibility index (Phi) is 5.13. The molecular formula is C14H13N3O2. The molecule has 1 unspecified atom stereocenters. The van der Waals surface area contributed by atoms with E-state index in [2.05, 4.69) is 10.1 Å². The fraction of sp³-hybridized carbons (Fsp3) is 0.214. The van der Waals surface area contributed by atoms with Gasteiger partial charge in [-0.1, -0.05) is 12.1 Å². The van der Waals surface area contributed by atoms with E-state index in [9.17, 15) is 4.79 Å². The second kappa shape index (κ2) is 6.83. The number of hydrogen-bond acceptors (Lipinski definition) is 5. The van der Waals surface area contributed by atoms with Gasteiger partial charge in [0, 0.05) is 11.9 Å². The summed E-state index contributed by atoms with van der Waals surface area (Å²) in [7, 11) is 1.35. The van der Waals surface area contributed by atoms with Crippen LogP contribution >= 0.6 is 0 Å². The molecule has 0 fully saturated rings. The number of methoxy groups -OCH3 is 1. The molecule has 1 N–H and O–H groups in total. The van der Waals surface area contributed by atoms with Gasteiger partial charge >= 0.3 is 5.97 Å². The third kappa shape index (κ3) is 3.86. The van der Waals surface area contributed by atoms with Crippen LogP contribution in [0.25, 0.3) is 0 Å². The minimum Gasteiger partial charge on any atom is -0.469 e. The summed E-state index contributed by atoms with van der Waals surface area (Å²) in [5, 5.41) is 20.0. The lowest BCUT2D eigenvalue weighted by Crippen LogP contribution is -2.10. The quantitative estimate of drug-likeness (QED) is 0.659. The summed E-state index contributed by atoms with van der Waals surface area (Å²) in [5.41, 5.74) is 1.55. The van der Waals surface area contributed by atoms with Crippen LogP contribution in [0.2, 0.25) is 0 Å². The number of rotatable bonds is 4. The van der Waals surface area contributed by atoms with Gasteiger partial charge in [-0.25, -0.2) is 0 Å². The largest absolute Gasteiger partial charge is 0.469 e. The van der Waals surface area contributed by atoms with Crippen molar-refractivity contribution in [1.82, 2.24) is 0 Å². The Morgan fingerprint density at radius 1 is 1.32 bits per heavy atom. The third-order valence-corrected chi connectivity index (χ3v) is 2.59. The molecule has 1 aromatic carbocycles. The first-order valence-corrected chi connectivity index (χ1v) is 5.57. The SMILES string of the molecule is COC(=O)C(C)c1ccc(NC=C(C#N)C#N)cc1. The minimum absolute atomic E-state index is 0.00740. The van der Waals surface area contributed by atoms with Gasteiger partial charge in [-0.15, -0.1) is 0 Å². The van der Waals surface area contributed by atoms with Gasteiger partial charge in [0.2, 0.25) is 0 Å². The number of hydrogen-bond donors (Lipinski definition) is 1. The zero-order valence-electron chi connectivity index (χ0n) is 10.7. The fourth-order valence-corrected chi connectivity index (χ4v) is 1.43. The van der Waals surface area contributed by atoms with Crippen molar-refractivity contribution in [2.24, 2.45) is 0 Å². The smallest absolute Gasteiger partial charge is 0.312 e. The van der Waals surface area contributed by atoms with Gasteiger partial charge in [0.25, 0.3) is 0 Å². The van der Waals surface area contributed by atoms with Gasteiger partial charge in [0.15, 0.2) is 0 Å². The van der Waals surface area contributed by atoms with E-state index < -0.39 is 0 Å². The summed E-state index contributed by atoms with van der Waals surface area (Å²) in [4.78, 5) is 11.4. The van der Waals surface area contributed by atoms with Crippen molar-refractivity contribution in [3.05, 3.63) is 41.6 Å². The van der Waals surface area contributed by atoms with Crippen molar-refractivity contribution in [2.75, 3.05) is 12.4 Å². The Bertz CT molecular complexity index is 546. The van der Waals surface area contributed by atoms with Gasteiger partial charge in [-0.3, -0.25) is 4.79 Å². The molecule has 1 atom stereocenters. The highest BCUT2D eigenvalue weighted by Gasteiger charge is 2.14. The average molecular weight is 255 g/mol. The van der Waals surface area contributed by atoms with Crippen LogP contribution in [0.15, 0.2) is 36.0 Å². The summed E-state index contributed by atoms with van der Waals surface area (Å²) in [6, 6.07) is 10.6. The van der Waals surface area contributed by atoms with Crippen LogP contribution in [0.4, 0.5) is 5.69 Å². The van der Waals surface area contributed by atoms with Crippen LogP contribution < -0.4 is 5.32 Å². The van der Waals surface area contributed by atoms with E-state index in [0.29, 0.717) is 0 Å². The minimum atomic E-state index is -0.330. The number of anilines is 1. The van der Waals surface area contributed by atoms with E-state index in [0.717, 1.165) is 11.3 Å². The third-order valence-electron chi connectivity index (χ3n) is 2.59. The van der Waals surface area contributed by atoms with Crippen LogP contribution in [0.1, 0.15) is 18.4 Å². The molecule has 19 heavy (non-hydrogen) atoms. The molecule has 0 aliphatic heterocycles. The van der Waals surface area contributed by atoms with E-state index in [-0.39, 0.29) is 17.5 Å². The number of carbonyl (C=O) groups is 1. The Hall–Kier alpha value is -2.79. The van der Waals surface area contributed by atoms with Crippen LogP contribution in [-0.2, 0) is 9.53 Å².